The number of carbonyl (C=O) groups excluding carboxylic acids is 1. The zero-order chi connectivity index (χ0) is 27.7. The number of amides is 1. The van der Waals surface area contributed by atoms with Gasteiger partial charge in [0.1, 0.15) is 0 Å². The Bertz CT molecular complexity index is 1520. The first-order valence-corrected chi connectivity index (χ1v) is 15.1. The Morgan fingerprint density at radius 1 is 1.18 bits per heavy atom. The number of sulfonamides is 1. The number of fused-ring (bicyclic) bond motifs is 1. The molecule has 11 nitrogen and oxygen atoms in total. The van der Waals surface area contributed by atoms with Crippen LogP contribution < -0.4 is 26.0 Å². The third-order valence-electron chi connectivity index (χ3n) is 7.19. The molecule has 2 aromatic heterocycles. The zero-order valence-electron chi connectivity index (χ0n) is 22.6. The van der Waals surface area contributed by atoms with Crippen LogP contribution in [0.4, 0.5) is 17.1 Å². The Kier molecular flexibility index (Phi) is 7.61. The molecule has 5 N–H and O–H groups in total. The smallest absolute Gasteiger partial charge is 0.257 e. The Morgan fingerprint density at radius 2 is 1.90 bits per heavy atom. The van der Waals surface area contributed by atoms with E-state index in [1.807, 2.05) is 23.6 Å². The van der Waals surface area contributed by atoms with Crippen LogP contribution in [0, 0.1) is 6.92 Å². The molecule has 1 saturated carbocycles. The molecule has 208 valence electrons. The second kappa shape index (κ2) is 10.9. The highest BCUT2D eigenvalue weighted by atomic mass is 32.2. The topological polar surface area (TPSA) is 146 Å². The minimum absolute atomic E-state index is 0.0451. The molecule has 0 atom stereocenters. The molecule has 1 aliphatic carbocycles. The van der Waals surface area contributed by atoms with Gasteiger partial charge in [-0.1, -0.05) is 0 Å². The number of carbonyl (C=O) groups is 1. The van der Waals surface area contributed by atoms with Crippen LogP contribution in [0.2, 0.25) is 0 Å². The van der Waals surface area contributed by atoms with Crippen molar-refractivity contribution in [2.45, 2.75) is 51.2 Å². The molecule has 3 aromatic rings. The predicted octanol–water partition coefficient (Wildman–Crippen LogP) is 2.30. The SMILES string of the molecule is CN=Cc1c(N2CCC(NC3CC3)CC2)ccc(C(=O)Nc2cc3c(CNS(C)(=O)=O)nc(C)cn3c2)c1N. The van der Waals surface area contributed by atoms with Gasteiger partial charge in [0.05, 0.1) is 46.6 Å². The summed E-state index contributed by atoms with van der Waals surface area (Å²) in [5, 5.41) is 6.66. The molecular formula is C27H36N8O3S. The average molecular weight is 553 g/mol. The summed E-state index contributed by atoms with van der Waals surface area (Å²) in [6.07, 6.45) is 11.1. The van der Waals surface area contributed by atoms with Crippen LogP contribution in [-0.2, 0) is 16.6 Å². The fourth-order valence-electron chi connectivity index (χ4n) is 5.15. The lowest BCUT2D eigenvalue weighted by Gasteiger charge is -2.35. The van der Waals surface area contributed by atoms with E-state index in [1.165, 1.54) is 12.8 Å². The van der Waals surface area contributed by atoms with Gasteiger partial charge in [0.15, 0.2) is 0 Å². The molecule has 2 aliphatic rings. The first-order chi connectivity index (χ1) is 18.6. The van der Waals surface area contributed by atoms with Crippen LogP contribution in [0.25, 0.3) is 5.52 Å². The van der Waals surface area contributed by atoms with E-state index in [9.17, 15) is 13.2 Å². The largest absolute Gasteiger partial charge is 0.397 e. The molecule has 0 radical (unpaired) electrons. The third kappa shape index (κ3) is 6.40. The summed E-state index contributed by atoms with van der Waals surface area (Å²) in [7, 11) is -1.69. The number of nitrogens with two attached hydrogens (primary N) is 1. The third-order valence-corrected chi connectivity index (χ3v) is 7.86. The van der Waals surface area contributed by atoms with Gasteiger partial charge in [0.2, 0.25) is 10.0 Å². The van der Waals surface area contributed by atoms with E-state index >= 15 is 0 Å². The number of aromatic nitrogens is 2. The van der Waals surface area contributed by atoms with Crippen LogP contribution in [0.3, 0.4) is 0 Å². The molecule has 1 saturated heterocycles. The molecule has 5 rings (SSSR count). The van der Waals surface area contributed by atoms with Gasteiger partial charge < -0.3 is 25.7 Å². The molecule has 1 aromatic carbocycles. The lowest BCUT2D eigenvalue weighted by atomic mass is 10.00. The molecule has 2 fully saturated rings. The number of nitrogen functional groups attached to an aromatic ring is 1. The van der Waals surface area contributed by atoms with Crippen molar-refractivity contribution in [1.82, 2.24) is 19.4 Å². The van der Waals surface area contributed by atoms with Crippen LogP contribution >= 0.6 is 0 Å². The van der Waals surface area contributed by atoms with Gasteiger partial charge in [0.25, 0.3) is 5.91 Å². The monoisotopic (exact) mass is 552 g/mol. The zero-order valence-corrected chi connectivity index (χ0v) is 23.4. The van der Waals surface area contributed by atoms with Crippen molar-refractivity contribution < 1.29 is 13.2 Å². The molecule has 12 heteroatoms. The molecule has 0 spiro atoms. The van der Waals surface area contributed by atoms with Gasteiger partial charge in [-0.15, -0.1) is 0 Å². The number of hydrogen-bond donors (Lipinski definition) is 4. The minimum atomic E-state index is -3.38. The maximum Gasteiger partial charge on any atom is 0.257 e. The first kappa shape index (κ1) is 27.1. The maximum absolute atomic E-state index is 13.3. The summed E-state index contributed by atoms with van der Waals surface area (Å²) in [6.45, 7) is 3.71. The van der Waals surface area contributed by atoms with E-state index in [0.29, 0.717) is 40.2 Å². The lowest BCUT2D eigenvalue weighted by molar-refractivity contribution is 0.102. The number of aliphatic imine (C=N–C) groups is 1. The number of piperidine rings is 1. The summed E-state index contributed by atoms with van der Waals surface area (Å²) in [5.74, 6) is -0.339. The minimum Gasteiger partial charge on any atom is -0.397 e. The molecule has 1 amide bonds. The number of hydrogen-bond acceptors (Lipinski definition) is 8. The van der Waals surface area contributed by atoms with Gasteiger partial charge in [0, 0.05) is 62.1 Å². The van der Waals surface area contributed by atoms with Crippen molar-refractivity contribution in [2.24, 2.45) is 4.99 Å². The molecule has 3 heterocycles. The van der Waals surface area contributed by atoms with Gasteiger partial charge in [-0.3, -0.25) is 14.8 Å². The number of rotatable bonds is 9. The molecular weight excluding hydrogens is 516 g/mol. The highest BCUT2D eigenvalue weighted by Crippen LogP contribution is 2.31. The van der Waals surface area contributed by atoms with E-state index in [1.54, 1.807) is 31.6 Å². The summed E-state index contributed by atoms with van der Waals surface area (Å²) >= 11 is 0. The van der Waals surface area contributed by atoms with Crippen molar-refractivity contribution in [1.29, 1.82) is 0 Å². The highest BCUT2D eigenvalue weighted by molar-refractivity contribution is 7.88. The van der Waals surface area contributed by atoms with Gasteiger partial charge in [-0.05, 0) is 50.8 Å². The molecule has 1 aliphatic heterocycles. The average Bonchev–Trinajstić information content (AvgIpc) is 3.60. The quantitative estimate of drug-likeness (QED) is 0.235. The normalized spacial score (nSPS) is 16.8. The Hall–Kier alpha value is -3.48. The number of benzene rings is 1. The summed E-state index contributed by atoms with van der Waals surface area (Å²) in [4.78, 5) is 24.4. The van der Waals surface area contributed by atoms with E-state index in [-0.39, 0.29) is 12.5 Å². The molecule has 0 unspecified atom stereocenters. The molecule has 0 bridgehead atoms. The second-order valence-electron chi connectivity index (χ2n) is 10.4. The highest BCUT2D eigenvalue weighted by Gasteiger charge is 2.28. The van der Waals surface area contributed by atoms with Crippen molar-refractivity contribution in [3.05, 3.63) is 53.1 Å². The van der Waals surface area contributed by atoms with Crippen molar-refractivity contribution >= 4 is 44.7 Å². The number of anilines is 3. The Morgan fingerprint density at radius 3 is 2.56 bits per heavy atom. The van der Waals surface area contributed by atoms with Crippen LogP contribution in [0.15, 0.2) is 35.6 Å². The van der Waals surface area contributed by atoms with Crippen LogP contribution in [0.5, 0.6) is 0 Å². The second-order valence-corrected chi connectivity index (χ2v) is 12.3. The number of nitrogens with one attached hydrogen (secondary N) is 3. The van der Waals surface area contributed by atoms with E-state index in [2.05, 4.69) is 30.2 Å². The summed E-state index contributed by atoms with van der Waals surface area (Å²) < 4.78 is 27.5. The molecule has 39 heavy (non-hydrogen) atoms. The van der Waals surface area contributed by atoms with Crippen LogP contribution in [-0.4, -0.2) is 68.4 Å². The first-order valence-electron chi connectivity index (χ1n) is 13.2. The van der Waals surface area contributed by atoms with Crippen molar-refractivity contribution in [2.75, 3.05) is 42.3 Å². The van der Waals surface area contributed by atoms with E-state index in [4.69, 9.17) is 5.73 Å². The number of nitrogens with zero attached hydrogens (tertiary/aromatic N) is 4. The van der Waals surface area contributed by atoms with Gasteiger partial charge >= 0.3 is 0 Å². The van der Waals surface area contributed by atoms with Gasteiger partial charge in [-0.25, -0.2) is 13.1 Å². The van der Waals surface area contributed by atoms with Crippen LogP contribution in [0.1, 0.15) is 53.0 Å². The van der Waals surface area contributed by atoms with E-state index in [0.717, 1.165) is 49.1 Å². The Labute approximate surface area is 228 Å². The Balaban J connectivity index is 1.35. The number of aryl methyl sites for hydroxylation is 1. The predicted molar refractivity (Wildman–Crippen MR) is 155 cm³/mol. The summed E-state index contributed by atoms with van der Waals surface area (Å²) in [5.41, 5.74) is 11.6. The lowest BCUT2D eigenvalue weighted by Crippen LogP contribution is -2.43. The summed E-state index contributed by atoms with van der Waals surface area (Å²) in [6, 6.07) is 6.74. The van der Waals surface area contributed by atoms with E-state index < -0.39 is 10.0 Å². The van der Waals surface area contributed by atoms with Crippen molar-refractivity contribution in [3.8, 4) is 0 Å². The maximum atomic E-state index is 13.3. The fourth-order valence-corrected chi connectivity index (χ4v) is 5.55. The fraction of sp³-hybridized carbons (Fsp3) is 0.444. The van der Waals surface area contributed by atoms with Crippen molar-refractivity contribution in [3.63, 3.8) is 0 Å². The standard InChI is InChI=1S/C27H36N8O3S/c1-17-15-35-16-20(12-25(35)23(31-17)14-30-39(3,37)38)33-27(36)21-6-7-24(22(13-29-2)26(21)28)34-10-8-19(9-11-34)32-18-4-5-18/h6-7,12-13,15-16,18-19,30,32H,4-5,8-11,14,28H2,1-3H3,(H,33,36). The van der Waals surface area contributed by atoms with Gasteiger partial charge in [-0.2, -0.15) is 0 Å².